The van der Waals surface area contributed by atoms with Gasteiger partial charge in [0.2, 0.25) is 12.4 Å². The molecule has 122 heavy (non-hydrogen) atoms. The Labute approximate surface area is 716 Å². The summed E-state index contributed by atoms with van der Waals surface area (Å²) in [4.78, 5) is 71.9. The first-order valence-electron chi connectivity index (χ1n) is 42.2. The molecule has 0 amide bonds. The first-order chi connectivity index (χ1) is 59.8. The number of benzene rings is 10. The van der Waals surface area contributed by atoms with Crippen LogP contribution in [0.5, 0.6) is 57.5 Å². The maximum Gasteiger partial charge on any atom is 0.308 e. The molecule has 0 saturated carbocycles. The van der Waals surface area contributed by atoms with Crippen LogP contribution < -0.4 is 47.4 Å². The van der Waals surface area contributed by atoms with Crippen LogP contribution in [0.2, 0.25) is 0 Å². The predicted octanol–water partition coefficient (Wildman–Crippen LogP) is 21.1. The lowest BCUT2D eigenvalue weighted by Gasteiger charge is -2.44. The number of unbranched alkanes of at least 4 members (excludes halogenated alkanes) is 10. The van der Waals surface area contributed by atoms with Gasteiger partial charge in [-0.2, -0.15) is 0 Å². The highest BCUT2D eigenvalue weighted by Crippen LogP contribution is 2.35. The maximum absolute atomic E-state index is 14.6. The van der Waals surface area contributed by atoms with Gasteiger partial charge in [0.25, 0.3) is 0 Å². The summed E-state index contributed by atoms with van der Waals surface area (Å²) in [5.74, 6) is 3.90. The number of rotatable bonds is 51. The van der Waals surface area contributed by atoms with Gasteiger partial charge in [-0.1, -0.05) is 121 Å². The largest absolute Gasteiger partial charge is 0.497 e. The highest BCUT2D eigenvalue weighted by Gasteiger charge is 2.54. The average Bonchev–Trinajstić information content (AvgIpc) is 0.772. The summed E-state index contributed by atoms with van der Waals surface area (Å²) in [7, 11) is 8.17. The molecule has 1 heterocycles. The summed E-state index contributed by atoms with van der Waals surface area (Å²) in [6.45, 7) is 1.37. The fourth-order valence-electron chi connectivity index (χ4n) is 13.9. The predicted molar refractivity (Wildman–Crippen MR) is 467 cm³/mol. The third-order valence-electron chi connectivity index (χ3n) is 20.9. The van der Waals surface area contributed by atoms with Crippen molar-refractivity contribution in [3.8, 4) is 113 Å². The van der Waals surface area contributed by atoms with Crippen LogP contribution in [0.15, 0.2) is 243 Å². The van der Waals surface area contributed by atoms with Crippen molar-refractivity contribution in [1.29, 1.82) is 0 Å². The van der Waals surface area contributed by atoms with Gasteiger partial charge >= 0.3 is 29.8 Å². The molecule has 1 aliphatic rings. The average molecular weight is 1660 g/mol. The van der Waals surface area contributed by atoms with Gasteiger partial charge in [-0.3, -0.25) is 24.0 Å². The highest BCUT2D eigenvalue weighted by molar-refractivity contribution is 5.74. The van der Waals surface area contributed by atoms with Gasteiger partial charge in [0.15, 0.2) is 12.2 Å². The van der Waals surface area contributed by atoms with Gasteiger partial charge in [-0.15, -0.1) is 0 Å². The number of carbonyl (C=O) groups is 5. The van der Waals surface area contributed by atoms with E-state index in [-0.39, 0.29) is 32.1 Å². The lowest BCUT2D eigenvalue weighted by Crippen LogP contribution is -2.63. The van der Waals surface area contributed by atoms with Crippen LogP contribution >= 0.6 is 0 Å². The van der Waals surface area contributed by atoms with E-state index in [1.165, 1.54) is 0 Å². The first-order valence-corrected chi connectivity index (χ1v) is 42.2. The molecule has 1 saturated heterocycles. The molecule has 0 aromatic heterocycles. The molecule has 0 unspecified atom stereocenters. The van der Waals surface area contributed by atoms with Crippen LogP contribution in [0, 0.1) is 0 Å². The van der Waals surface area contributed by atoms with Crippen molar-refractivity contribution in [3.05, 3.63) is 243 Å². The number of hydrogen-bond donors (Lipinski definition) is 0. The van der Waals surface area contributed by atoms with E-state index < -0.39 is 67.2 Å². The Bertz CT molecular complexity index is 4750. The molecule has 0 bridgehead atoms. The van der Waals surface area contributed by atoms with Crippen LogP contribution in [0.3, 0.4) is 0 Å². The molecule has 0 radical (unpaired) electrons. The van der Waals surface area contributed by atoms with Crippen molar-refractivity contribution in [2.24, 2.45) is 0 Å². The Balaban J connectivity index is 0.768. The molecular formula is C101H112O21. The highest BCUT2D eigenvalue weighted by atomic mass is 16.7. The lowest BCUT2D eigenvalue weighted by molar-refractivity contribution is -0.301. The number of methoxy groups -OCH3 is 5. The standard InChI is InChI=1S/C101H112O21/c1-107-82-46-26-72(27-47-82)77-36-56-87(57-37-77)112-66-16-6-11-21-93(102)117-71-92-98(119-94(103)22-12-7-17-67-113-88-58-38-78(39-59-88)73-28-48-83(108-2)49-29-73)99(120-95(104)23-13-8-18-68-114-89-60-40-79(41-61-89)74-30-50-84(109-3)51-31-74)100(121-96(105)24-14-9-19-69-115-90-62-42-80(43-63-90)75-32-52-85(110-4)53-33-75)101(118-92)122-97(106)25-15-10-20-70-116-91-64-44-81(45-65-91)76-34-54-86(111-5)55-35-76/h26-65,92,98-101H,6-25,66-71H2,1-5H3/t92-,98-,99+,100-,101+/m1/s1. The Morgan fingerprint density at radius 2 is 0.418 bits per heavy atom. The van der Waals surface area contributed by atoms with Crippen molar-refractivity contribution in [3.63, 3.8) is 0 Å². The minimum atomic E-state index is -1.74. The van der Waals surface area contributed by atoms with Gasteiger partial charge in [0.1, 0.15) is 70.2 Å². The zero-order chi connectivity index (χ0) is 85.3. The monoisotopic (exact) mass is 1660 g/mol. The number of carbonyl (C=O) groups excluding carboxylic acids is 5. The quantitative estimate of drug-likeness (QED) is 0.0196. The zero-order valence-corrected chi connectivity index (χ0v) is 70.4. The Morgan fingerprint density at radius 3 is 0.648 bits per heavy atom. The van der Waals surface area contributed by atoms with Gasteiger partial charge in [-0.25, -0.2) is 0 Å². The number of ether oxygens (including phenoxy) is 16. The SMILES string of the molecule is COc1ccc(-c2ccc(OCCCCCC(=O)OC[C@H]3O[C@@H](OC(=O)CCCCCOc4ccc(-c5ccc(OC)cc5)cc4)[C@H](OC(=O)CCCCCOc4ccc(-c5ccc(OC)cc5)cc4)[C@@H](OC(=O)CCCCCOc4ccc(-c5ccc(OC)cc5)cc4)[C@@H]3OC(=O)CCCCCOc3ccc(-c4ccc(OC)cc4)cc3)cc2)cc1. The summed E-state index contributed by atoms with van der Waals surface area (Å²) >= 11 is 0. The molecule has 642 valence electrons. The number of hydrogen-bond acceptors (Lipinski definition) is 21. The fourth-order valence-corrected chi connectivity index (χ4v) is 13.9. The van der Waals surface area contributed by atoms with E-state index in [0.717, 1.165) is 84.4 Å². The van der Waals surface area contributed by atoms with Crippen molar-refractivity contribution in [1.82, 2.24) is 0 Å². The maximum atomic E-state index is 14.6. The molecule has 0 spiro atoms. The fraction of sp³-hybridized carbons (Fsp3) is 0.356. The summed E-state index contributed by atoms with van der Waals surface area (Å²) in [5.41, 5.74) is 10.3. The molecule has 21 heteroatoms. The van der Waals surface area contributed by atoms with Crippen LogP contribution in [0.25, 0.3) is 55.6 Å². The van der Waals surface area contributed by atoms with Gasteiger partial charge in [-0.05, 0) is 273 Å². The topological polar surface area (TPSA) is 233 Å². The Morgan fingerprint density at radius 1 is 0.221 bits per heavy atom. The van der Waals surface area contributed by atoms with E-state index in [9.17, 15) is 24.0 Å². The van der Waals surface area contributed by atoms with E-state index in [0.29, 0.717) is 158 Å². The first kappa shape index (κ1) is 90.3. The van der Waals surface area contributed by atoms with Crippen molar-refractivity contribution < 1.29 is 99.8 Å². The van der Waals surface area contributed by atoms with E-state index >= 15 is 0 Å². The molecule has 0 N–H and O–H groups in total. The van der Waals surface area contributed by atoms with Crippen LogP contribution in [0.1, 0.15) is 128 Å². The molecule has 11 rings (SSSR count). The molecule has 10 aromatic carbocycles. The second-order valence-corrected chi connectivity index (χ2v) is 29.6. The molecule has 10 aromatic rings. The van der Waals surface area contributed by atoms with Crippen LogP contribution in [-0.2, 0) is 52.4 Å². The minimum absolute atomic E-state index is 0.0118. The Kier molecular flexibility index (Phi) is 36.5. The van der Waals surface area contributed by atoms with E-state index in [1.54, 1.807) is 35.5 Å². The molecular weight excluding hydrogens is 1550 g/mol. The second kappa shape index (κ2) is 49.3. The second-order valence-electron chi connectivity index (χ2n) is 29.6. The van der Waals surface area contributed by atoms with Crippen LogP contribution in [0.4, 0.5) is 0 Å². The van der Waals surface area contributed by atoms with Crippen molar-refractivity contribution in [2.75, 3.05) is 75.2 Å². The summed E-state index contributed by atoms with van der Waals surface area (Å²) in [6, 6.07) is 78.1. The molecule has 1 fully saturated rings. The molecule has 1 aliphatic heterocycles. The minimum Gasteiger partial charge on any atom is -0.497 e. The molecule has 0 aliphatic carbocycles. The van der Waals surface area contributed by atoms with E-state index in [1.807, 2.05) is 243 Å². The molecule has 5 atom stereocenters. The van der Waals surface area contributed by atoms with E-state index in [4.69, 9.17) is 75.8 Å². The van der Waals surface area contributed by atoms with Gasteiger partial charge in [0, 0.05) is 32.1 Å². The Hall–Kier alpha value is -12.5. The summed E-state index contributed by atoms with van der Waals surface area (Å²) < 4.78 is 95.2. The number of esters is 5. The summed E-state index contributed by atoms with van der Waals surface area (Å²) in [6.07, 6.45) is -0.518. The van der Waals surface area contributed by atoms with E-state index in [2.05, 4.69) is 0 Å². The van der Waals surface area contributed by atoms with Gasteiger partial charge in [0.05, 0.1) is 68.6 Å². The lowest BCUT2D eigenvalue weighted by atomic mass is 9.97. The van der Waals surface area contributed by atoms with Crippen molar-refractivity contribution >= 4 is 29.8 Å². The van der Waals surface area contributed by atoms with Crippen LogP contribution in [-0.4, -0.2) is 136 Å². The van der Waals surface area contributed by atoms with Crippen molar-refractivity contribution in [2.45, 2.75) is 159 Å². The third kappa shape index (κ3) is 29.4. The third-order valence-corrected chi connectivity index (χ3v) is 20.9. The smallest absolute Gasteiger partial charge is 0.308 e. The van der Waals surface area contributed by atoms with Gasteiger partial charge < -0.3 is 75.8 Å². The molecule has 21 nitrogen and oxygen atoms in total. The normalized spacial score (nSPS) is 14.7. The zero-order valence-electron chi connectivity index (χ0n) is 70.4. The summed E-state index contributed by atoms with van der Waals surface area (Å²) in [5, 5.41) is 0.